The van der Waals surface area contributed by atoms with Gasteiger partial charge < -0.3 is 5.73 Å². The van der Waals surface area contributed by atoms with Crippen LogP contribution in [0.5, 0.6) is 0 Å². The minimum absolute atomic E-state index is 0.580. The number of hydrogen-bond donors (Lipinski definition) is 1. The molecule has 0 atom stereocenters. The summed E-state index contributed by atoms with van der Waals surface area (Å²) in [6.45, 7) is 4.64. The third-order valence-corrected chi connectivity index (χ3v) is 4.63. The zero-order chi connectivity index (χ0) is 12.7. The first-order valence-electron chi connectivity index (χ1n) is 5.66. The highest BCUT2D eigenvalue weighted by atomic mass is 32.1. The maximum absolute atomic E-state index is 5.61. The van der Waals surface area contributed by atoms with Gasteiger partial charge in [-0.2, -0.15) is 0 Å². The standard InChI is InChI=1S/C11H13N5S2/c1-6-10(18-7(2)13-6)8-5-17-11-15-14-9(3-4-12)16(8)11/h5H,3-4,12H2,1-2H3. The molecule has 3 rings (SSSR count). The number of hydrogen-bond acceptors (Lipinski definition) is 6. The highest BCUT2D eigenvalue weighted by Crippen LogP contribution is 2.33. The zero-order valence-corrected chi connectivity index (χ0v) is 11.8. The molecule has 0 spiro atoms. The number of rotatable bonds is 3. The maximum atomic E-state index is 5.61. The van der Waals surface area contributed by atoms with Gasteiger partial charge in [0, 0.05) is 11.8 Å². The Labute approximate surface area is 112 Å². The molecule has 0 saturated heterocycles. The molecule has 2 N–H and O–H groups in total. The lowest BCUT2D eigenvalue weighted by Gasteiger charge is -2.00. The van der Waals surface area contributed by atoms with E-state index in [0.29, 0.717) is 6.54 Å². The first kappa shape index (κ1) is 11.8. The predicted octanol–water partition coefficient (Wildman–Crippen LogP) is 2.03. The van der Waals surface area contributed by atoms with Gasteiger partial charge in [-0.1, -0.05) is 0 Å². The van der Waals surface area contributed by atoms with E-state index in [1.807, 2.05) is 13.8 Å². The molecule has 5 nitrogen and oxygen atoms in total. The summed E-state index contributed by atoms with van der Waals surface area (Å²) in [7, 11) is 0. The smallest absolute Gasteiger partial charge is 0.216 e. The summed E-state index contributed by atoms with van der Waals surface area (Å²) in [6.07, 6.45) is 0.738. The molecular weight excluding hydrogens is 266 g/mol. The topological polar surface area (TPSA) is 69.1 Å². The van der Waals surface area contributed by atoms with Crippen molar-refractivity contribution in [3.8, 4) is 10.6 Å². The van der Waals surface area contributed by atoms with Gasteiger partial charge in [-0.05, 0) is 20.4 Å². The Morgan fingerprint density at radius 3 is 2.83 bits per heavy atom. The summed E-state index contributed by atoms with van der Waals surface area (Å²) in [4.78, 5) is 6.59. The Morgan fingerprint density at radius 1 is 1.33 bits per heavy atom. The average Bonchev–Trinajstić information content (AvgIpc) is 2.96. The van der Waals surface area contributed by atoms with Gasteiger partial charge in [0.2, 0.25) is 4.96 Å². The fraction of sp³-hybridized carbons (Fsp3) is 0.364. The van der Waals surface area contributed by atoms with E-state index in [2.05, 4.69) is 25.0 Å². The summed E-state index contributed by atoms with van der Waals surface area (Å²) < 4.78 is 2.09. The molecule has 0 aliphatic carbocycles. The lowest BCUT2D eigenvalue weighted by atomic mass is 10.3. The minimum atomic E-state index is 0.580. The van der Waals surface area contributed by atoms with Crippen LogP contribution in [0.3, 0.4) is 0 Å². The van der Waals surface area contributed by atoms with Crippen molar-refractivity contribution >= 4 is 27.6 Å². The third kappa shape index (κ3) is 1.75. The molecule has 7 heteroatoms. The Kier molecular flexibility index (Phi) is 2.89. The Balaban J connectivity index is 2.22. The molecule has 18 heavy (non-hydrogen) atoms. The SMILES string of the molecule is Cc1nc(C)c(-c2csc3nnc(CCN)n23)s1. The van der Waals surface area contributed by atoms with E-state index in [4.69, 9.17) is 5.73 Å². The molecule has 0 radical (unpaired) electrons. The van der Waals surface area contributed by atoms with Crippen molar-refractivity contribution in [1.82, 2.24) is 19.6 Å². The lowest BCUT2D eigenvalue weighted by Crippen LogP contribution is -2.06. The molecule has 0 bridgehead atoms. The van der Waals surface area contributed by atoms with Crippen LogP contribution in [0.25, 0.3) is 15.5 Å². The Bertz CT molecular complexity index is 693. The van der Waals surface area contributed by atoms with E-state index in [0.717, 1.165) is 33.6 Å². The van der Waals surface area contributed by atoms with Crippen LogP contribution >= 0.6 is 22.7 Å². The van der Waals surface area contributed by atoms with Crippen molar-refractivity contribution in [1.29, 1.82) is 0 Å². The van der Waals surface area contributed by atoms with Gasteiger partial charge in [0.25, 0.3) is 0 Å². The summed E-state index contributed by atoms with van der Waals surface area (Å²) in [5, 5.41) is 11.6. The number of thiazole rings is 2. The molecule has 0 amide bonds. The quantitative estimate of drug-likeness (QED) is 0.796. The molecule has 3 heterocycles. The number of fused-ring (bicyclic) bond motifs is 1. The molecule has 3 aromatic rings. The van der Waals surface area contributed by atoms with Crippen LogP contribution in [-0.4, -0.2) is 26.1 Å². The van der Waals surface area contributed by atoms with Crippen molar-refractivity contribution < 1.29 is 0 Å². The predicted molar refractivity (Wildman–Crippen MR) is 74.2 cm³/mol. The van der Waals surface area contributed by atoms with Crippen molar-refractivity contribution in [3.05, 3.63) is 21.9 Å². The van der Waals surface area contributed by atoms with Crippen LogP contribution in [0.1, 0.15) is 16.5 Å². The summed E-state index contributed by atoms with van der Waals surface area (Å²) in [5.41, 5.74) is 7.81. The molecular formula is C11H13N5S2. The Morgan fingerprint density at radius 2 is 2.17 bits per heavy atom. The highest BCUT2D eigenvalue weighted by Gasteiger charge is 2.16. The Hall–Kier alpha value is -1.31. The number of nitrogens with two attached hydrogens (primary N) is 1. The first-order chi connectivity index (χ1) is 8.70. The van der Waals surface area contributed by atoms with Gasteiger partial charge in [-0.15, -0.1) is 32.9 Å². The van der Waals surface area contributed by atoms with Gasteiger partial charge in [-0.3, -0.25) is 4.40 Å². The molecule has 3 aromatic heterocycles. The molecule has 0 unspecified atom stereocenters. The van der Waals surface area contributed by atoms with Gasteiger partial charge in [0.1, 0.15) is 5.82 Å². The second-order valence-corrected chi connectivity index (χ2v) is 6.08. The zero-order valence-electron chi connectivity index (χ0n) is 10.2. The molecule has 0 fully saturated rings. The number of aryl methyl sites for hydroxylation is 2. The van der Waals surface area contributed by atoms with E-state index in [-0.39, 0.29) is 0 Å². The van der Waals surface area contributed by atoms with Crippen molar-refractivity contribution in [3.63, 3.8) is 0 Å². The summed E-state index contributed by atoms with van der Waals surface area (Å²) >= 11 is 3.31. The normalized spacial score (nSPS) is 11.5. The van der Waals surface area contributed by atoms with Crippen molar-refractivity contribution in [2.24, 2.45) is 5.73 Å². The maximum Gasteiger partial charge on any atom is 0.216 e. The summed E-state index contributed by atoms with van der Waals surface area (Å²) in [5.74, 6) is 0.925. The van der Waals surface area contributed by atoms with Crippen LogP contribution in [0, 0.1) is 13.8 Å². The highest BCUT2D eigenvalue weighted by molar-refractivity contribution is 7.17. The van der Waals surface area contributed by atoms with Crippen LogP contribution in [0.15, 0.2) is 5.38 Å². The van der Waals surface area contributed by atoms with Crippen molar-refractivity contribution in [2.75, 3.05) is 6.54 Å². The van der Waals surface area contributed by atoms with Crippen LogP contribution < -0.4 is 5.73 Å². The van der Waals surface area contributed by atoms with E-state index >= 15 is 0 Å². The van der Waals surface area contributed by atoms with Crippen LogP contribution in [-0.2, 0) is 6.42 Å². The van der Waals surface area contributed by atoms with Crippen molar-refractivity contribution in [2.45, 2.75) is 20.3 Å². The number of nitrogens with zero attached hydrogens (tertiary/aromatic N) is 4. The molecule has 94 valence electrons. The summed E-state index contributed by atoms with van der Waals surface area (Å²) in [6, 6.07) is 0. The van der Waals surface area contributed by atoms with Crippen LogP contribution in [0.2, 0.25) is 0 Å². The molecule has 0 aliphatic heterocycles. The average molecular weight is 279 g/mol. The third-order valence-electron chi connectivity index (χ3n) is 2.72. The molecule has 0 aliphatic rings. The number of aromatic nitrogens is 4. The van der Waals surface area contributed by atoms with Crippen LogP contribution in [0.4, 0.5) is 0 Å². The van der Waals surface area contributed by atoms with Gasteiger partial charge in [0.15, 0.2) is 0 Å². The molecule has 0 aromatic carbocycles. The minimum Gasteiger partial charge on any atom is -0.330 e. The van der Waals surface area contributed by atoms with Gasteiger partial charge in [0.05, 0.1) is 21.3 Å². The lowest BCUT2D eigenvalue weighted by molar-refractivity contribution is 0.851. The van der Waals surface area contributed by atoms with E-state index in [1.165, 1.54) is 4.88 Å². The van der Waals surface area contributed by atoms with E-state index in [1.54, 1.807) is 22.7 Å². The van der Waals surface area contributed by atoms with E-state index in [9.17, 15) is 0 Å². The van der Waals surface area contributed by atoms with Gasteiger partial charge in [-0.25, -0.2) is 4.98 Å². The van der Waals surface area contributed by atoms with E-state index < -0.39 is 0 Å². The monoisotopic (exact) mass is 279 g/mol. The second-order valence-electron chi connectivity index (χ2n) is 4.04. The fourth-order valence-electron chi connectivity index (χ4n) is 1.99. The largest absolute Gasteiger partial charge is 0.330 e. The first-order valence-corrected chi connectivity index (χ1v) is 7.36. The fourth-order valence-corrected chi connectivity index (χ4v) is 3.83. The van der Waals surface area contributed by atoms with Gasteiger partial charge >= 0.3 is 0 Å². The molecule has 0 saturated carbocycles. The second kappa shape index (κ2) is 4.42.